The Morgan fingerprint density at radius 3 is 2.94 bits per heavy atom. The number of H-pyrrole nitrogens is 1. The van der Waals surface area contributed by atoms with Gasteiger partial charge >= 0.3 is 0 Å². The molecule has 0 aromatic carbocycles. The van der Waals surface area contributed by atoms with Crippen LogP contribution in [0.1, 0.15) is 10.6 Å². The molecule has 2 aromatic heterocycles. The summed E-state index contributed by atoms with van der Waals surface area (Å²) in [4.78, 5) is 17.6. The third-order valence-corrected chi connectivity index (χ3v) is 2.48. The minimum absolute atomic E-state index is 0.0570. The quantitative estimate of drug-likeness (QED) is 0.780. The number of tetrazole rings is 1. The van der Waals surface area contributed by atoms with E-state index < -0.39 is 5.91 Å². The number of hydrogen-bond donors (Lipinski definition) is 2. The zero-order valence-corrected chi connectivity index (χ0v) is 9.45. The van der Waals surface area contributed by atoms with Crippen LogP contribution in [0.15, 0.2) is 5.38 Å². The standard InChI is InChI=1S/C7H9N7OS/c1-14(2)4-3-16-7(8-4)9-6(15)5-10-12-13-11-5/h3H,1-2H3,(H,8,9,15)(H,10,11,12,13). The van der Waals surface area contributed by atoms with Gasteiger partial charge in [0.25, 0.3) is 5.91 Å². The van der Waals surface area contributed by atoms with Crippen LogP contribution in [0.5, 0.6) is 0 Å². The number of carbonyl (C=O) groups excluding carboxylic acids is 1. The molecule has 2 rings (SSSR count). The molecule has 0 bridgehead atoms. The smallest absolute Gasteiger partial charge is 0.296 e. The number of nitrogens with zero attached hydrogens (tertiary/aromatic N) is 5. The fraction of sp³-hybridized carbons (Fsp3) is 0.286. The summed E-state index contributed by atoms with van der Waals surface area (Å²) in [5.41, 5.74) is 0. The van der Waals surface area contributed by atoms with E-state index in [0.717, 1.165) is 5.82 Å². The van der Waals surface area contributed by atoms with Crippen LogP contribution in [0, 0.1) is 0 Å². The van der Waals surface area contributed by atoms with Crippen molar-refractivity contribution in [2.45, 2.75) is 0 Å². The molecule has 0 spiro atoms. The summed E-state index contributed by atoms with van der Waals surface area (Å²) in [7, 11) is 3.75. The van der Waals surface area contributed by atoms with Crippen molar-refractivity contribution >= 4 is 28.2 Å². The Balaban J connectivity index is 2.07. The first-order valence-corrected chi connectivity index (χ1v) is 5.22. The average molecular weight is 239 g/mol. The van der Waals surface area contributed by atoms with Gasteiger partial charge in [-0.2, -0.15) is 0 Å². The van der Waals surface area contributed by atoms with Crippen LogP contribution in [-0.2, 0) is 0 Å². The van der Waals surface area contributed by atoms with Crippen molar-refractivity contribution in [2.75, 3.05) is 24.3 Å². The number of amides is 1. The summed E-state index contributed by atoms with van der Waals surface area (Å²) in [5, 5.41) is 17.4. The number of carbonyl (C=O) groups is 1. The zero-order valence-electron chi connectivity index (χ0n) is 8.63. The van der Waals surface area contributed by atoms with Gasteiger partial charge in [-0.1, -0.05) is 0 Å². The van der Waals surface area contributed by atoms with Gasteiger partial charge in [-0.3, -0.25) is 10.1 Å². The third-order valence-electron chi connectivity index (χ3n) is 1.73. The van der Waals surface area contributed by atoms with Crippen LogP contribution in [0.4, 0.5) is 10.9 Å². The molecule has 0 aliphatic rings. The Morgan fingerprint density at radius 1 is 1.56 bits per heavy atom. The van der Waals surface area contributed by atoms with Gasteiger partial charge in [-0.05, 0) is 10.4 Å². The molecule has 0 atom stereocenters. The predicted molar refractivity (Wildman–Crippen MR) is 58.6 cm³/mol. The Kier molecular flexibility index (Phi) is 2.77. The molecule has 0 saturated heterocycles. The van der Waals surface area contributed by atoms with Crippen molar-refractivity contribution in [1.29, 1.82) is 0 Å². The molecule has 8 nitrogen and oxygen atoms in total. The Labute approximate surface area is 94.7 Å². The predicted octanol–water partition coefficient (Wildman–Crippen LogP) is -0.0255. The van der Waals surface area contributed by atoms with Crippen molar-refractivity contribution in [3.8, 4) is 0 Å². The lowest BCUT2D eigenvalue weighted by Gasteiger charge is -2.05. The molecular formula is C7H9N7OS. The van der Waals surface area contributed by atoms with Gasteiger partial charge in [0.05, 0.1) is 0 Å². The molecule has 0 saturated carbocycles. The summed E-state index contributed by atoms with van der Waals surface area (Å²) in [6, 6.07) is 0. The minimum Gasteiger partial charge on any atom is -0.362 e. The van der Waals surface area contributed by atoms with Gasteiger partial charge in [0.2, 0.25) is 5.82 Å². The molecule has 2 heterocycles. The molecule has 0 fully saturated rings. The van der Waals surface area contributed by atoms with E-state index in [2.05, 4.69) is 30.9 Å². The van der Waals surface area contributed by atoms with Gasteiger partial charge in [-0.15, -0.1) is 16.4 Å². The number of aromatic nitrogens is 5. The number of nitrogens with one attached hydrogen (secondary N) is 2. The number of anilines is 2. The second kappa shape index (κ2) is 4.23. The number of aromatic amines is 1. The Morgan fingerprint density at radius 2 is 2.38 bits per heavy atom. The molecule has 0 unspecified atom stereocenters. The van der Waals surface area contributed by atoms with E-state index in [9.17, 15) is 4.79 Å². The van der Waals surface area contributed by atoms with Gasteiger partial charge in [0.1, 0.15) is 5.82 Å². The maximum atomic E-state index is 11.5. The monoisotopic (exact) mass is 239 g/mol. The molecular weight excluding hydrogens is 230 g/mol. The molecule has 0 aliphatic carbocycles. The van der Waals surface area contributed by atoms with E-state index >= 15 is 0 Å². The highest BCUT2D eigenvalue weighted by molar-refractivity contribution is 7.14. The number of rotatable bonds is 3. The van der Waals surface area contributed by atoms with Crippen LogP contribution in [-0.4, -0.2) is 45.6 Å². The highest BCUT2D eigenvalue weighted by Crippen LogP contribution is 2.20. The second-order valence-electron chi connectivity index (χ2n) is 3.11. The van der Waals surface area contributed by atoms with Crippen LogP contribution < -0.4 is 10.2 Å². The molecule has 0 aliphatic heterocycles. The van der Waals surface area contributed by atoms with Gasteiger partial charge in [-0.25, -0.2) is 10.1 Å². The van der Waals surface area contributed by atoms with E-state index in [1.807, 2.05) is 24.4 Å². The number of thiazole rings is 1. The summed E-state index contributed by atoms with van der Waals surface area (Å²) in [6.07, 6.45) is 0. The lowest BCUT2D eigenvalue weighted by Crippen LogP contribution is -2.14. The summed E-state index contributed by atoms with van der Waals surface area (Å²) in [5.74, 6) is 0.433. The number of hydrogen-bond acceptors (Lipinski definition) is 7. The fourth-order valence-corrected chi connectivity index (χ4v) is 1.72. The van der Waals surface area contributed by atoms with E-state index in [-0.39, 0.29) is 5.82 Å². The van der Waals surface area contributed by atoms with E-state index in [4.69, 9.17) is 0 Å². The Hall–Kier alpha value is -2.03. The molecule has 2 N–H and O–H groups in total. The molecule has 1 amide bonds. The van der Waals surface area contributed by atoms with E-state index in [1.54, 1.807) is 0 Å². The molecule has 16 heavy (non-hydrogen) atoms. The third kappa shape index (κ3) is 2.14. The van der Waals surface area contributed by atoms with Crippen molar-refractivity contribution < 1.29 is 4.79 Å². The molecule has 84 valence electrons. The normalized spacial score (nSPS) is 10.1. The van der Waals surface area contributed by atoms with Gasteiger partial charge in [0.15, 0.2) is 5.13 Å². The Bertz CT molecular complexity index is 477. The van der Waals surface area contributed by atoms with Crippen molar-refractivity contribution in [3.05, 3.63) is 11.2 Å². The second-order valence-corrected chi connectivity index (χ2v) is 3.97. The molecule has 0 radical (unpaired) electrons. The summed E-state index contributed by atoms with van der Waals surface area (Å²) >= 11 is 1.34. The van der Waals surface area contributed by atoms with Crippen LogP contribution in [0.3, 0.4) is 0 Å². The van der Waals surface area contributed by atoms with Crippen molar-refractivity contribution in [3.63, 3.8) is 0 Å². The van der Waals surface area contributed by atoms with E-state index in [1.165, 1.54) is 11.3 Å². The van der Waals surface area contributed by atoms with Crippen molar-refractivity contribution in [2.24, 2.45) is 0 Å². The van der Waals surface area contributed by atoms with Crippen LogP contribution in [0.2, 0.25) is 0 Å². The highest BCUT2D eigenvalue weighted by atomic mass is 32.1. The fourth-order valence-electron chi connectivity index (χ4n) is 0.940. The van der Waals surface area contributed by atoms with E-state index in [0.29, 0.717) is 5.13 Å². The van der Waals surface area contributed by atoms with Gasteiger partial charge in [0, 0.05) is 19.5 Å². The molecule has 9 heteroatoms. The maximum Gasteiger partial charge on any atom is 0.296 e. The summed E-state index contributed by atoms with van der Waals surface area (Å²) < 4.78 is 0. The summed E-state index contributed by atoms with van der Waals surface area (Å²) in [6.45, 7) is 0. The van der Waals surface area contributed by atoms with Crippen LogP contribution in [0.25, 0.3) is 0 Å². The molecule has 2 aromatic rings. The van der Waals surface area contributed by atoms with Crippen LogP contribution >= 0.6 is 11.3 Å². The maximum absolute atomic E-state index is 11.5. The van der Waals surface area contributed by atoms with Gasteiger partial charge < -0.3 is 4.90 Å². The first-order chi connectivity index (χ1) is 7.66. The van der Waals surface area contributed by atoms with Crippen molar-refractivity contribution in [1.82, 2.24) is 25.6 Å². The lowest BCUT2D eigenvalue weighted by molar-refractivity contribution is 0.101. The largest absolute Gasteiger partial charge is 0.362 e. The average Bonchev–Trinajstić information content (AvgIpc) is 2.87. The lowest BCUT2D eigenvalue weighted by atomic mass is 10.6. The highest BCUT2D eigenvalue weighted by Gasteiger charge is 2.12. The first kappa shape index (κ1) is 10.5. The topological polar surface area (TPSA) is 99.7 Å². The zero-order chi connectivity index (χ0) is 11.5. The minimum atomic E-state index is -0.412. The SMILES string of the molecule is CN(C)c1csc(NC(=O)c2nnn[nH]2)n1. The first-order valence-electron chi connectivity index (χ1n) is 4.35.